The highest BCUT2D eigenvalue weighted by atomic mass is 16.7. The molecule has 1 aliphatic rings. The van der Waals surface area contributed by atoms with E-state index in [-0.39, 0.29) is 5.92 Å². The SMILES string of the molecule is CC.CC.CC(C)CC(C[N+](=O)[O-])C1C(=O)OC(C)(C)OC1=O. The molecule has 0 aromatic rings. The lowest BCUT2D eigenvalue weighted by atomic mass is 9.84. The van der Waals surface area contributed by atoms with E-state index >= 15 is 0 Å². The minimum Gasteiger partial charge on any atom is -0.422 e. The zero-order chi connectivity index (χ0) is 18.8. The molecule has 1 heterocycles. The number of cyclic esters (lactones) is 2. The highest BCUT2D eigenvalue weighted by Gasteiger charge is 2.48. The molecule has 0 bridgehead atoms. The van der Waals surface area contributed by atoms with Crippen molar-refractivity contribution in [3.63, 3.8) is 0 Å². The molecule has 0 N–H and O–H groups in total. The number of carbonyl (C=O) groups is 2. The van der Waals surface area contributed by atoms with E-state index in [1.165, 1.54) is 13.8 Å². The summed E-state index contributed by atoms with van der Waals surface area (Å²) in [6.45, 7) is 14.2. The molecule has 1 atom stereocenters. The molecule has 0 aromatic heterocycles. The Labute approximate surface area is 138 Å². The van der Waals surface area contributed by atoms with E-state index in [2.05, 4.69) is 0 Å². The largest absolute Gasteiger partial charge is 0.422 e. The third-order valence-corrected chi connectivity index (χ3v) is 2.83. The van der Waals surface area contributed by atoms with Gasteiger partial charge < -0.3 is 9.47 Å². The van der Waals surface area contributed by atoms with Gasteiger partial charge in [0.05, 0.1) is 0 Å². The first-order valence-corrected chi connectivity index (χ1v) is 8.20. The van der Waals surface area contributed by atoms with Gasteiger partial charge in [0.2, 0.25) is 6.54 Å². The van der Waals surface area contributed by atoms with E-state index < -0.39 is 41.0 Å². The van der Waals surface area contributed by atoms with Crippen LogP contribution in [0.5, 0.6) is 0 Å². The molecule has 23 heavy (non-hydrogen) atoms. The summed E-state index contributed by atoms with van der Waals surface area (Å²) >= 11 is 0. The van der Waals surface area contributed by atoms with Gasteiger partial charge in [-0.15, -0.1) is 0 Å². The summed E-state index contributed by atoms with van der Waals surface area (Å²) in [6.07, 6.45) is 0.385. The maximum atomic E-state index is 11.9. The Bertz CT molecular complexity index is 372. The van der Waals surface area contributed by atoms with Crippen molar-refractivity contribution in [3.8, 4) is 0 Å². The van der Waals surface area contributed by atoms with Crippen molar-refractivity contribution in [3.05, 3.63) is 10.1 Å². The summed E-state index contributed by atoms with van der Waals surface area (Å²) in [5, 5.41) is 10.7. The van der Waals surface area contributed by atoms with E-state index in [1.807, 2.05) is 41.5 Å². The molecule has 1 aliphatic heterocycles. The van der Waals surface area contributed by atoms with Crippen LogP contribution in [0.3, 0.4) is 0 Å². The molecule has 0 radical (unpaired) electrons. The monoisotopic (exact) mass is 333 g/mol. The number of rotatable bonds is 5. The second-order valence-corrected chi connectivity index (χ2v) is 5.62. The molecule has 0 spiro atoms. The number of esters is 2. The summed E-state index contributed by atoms with van der Waals surface area (Å²) in [4.78, 5) is 33.9. The number of hydrogen-bond donors (Lipinski definition) is 0. The van der Waals surface area contributed by atoms with E-state index in [1.54, 1.807) is 0 Å². The van der Waals surface area contributed by atoms with Crippen LogP contribution in [0.2, 0.25) is 0 Å². The molecular formula is C16H31NO6. The van der Waals surface area contributed by atoms with Crippen molar-refractivity contribution >= 4 is 11.9 Å². The summed E-state index contributed by atoms with van der Waals surface area (Å²) in [5.41, 5.74) is 0. The van der Waals surface area contributed by atoms with Gasteiger partial charge in [-0.1, -0.05) is 41.5 Å². The Morgan fingerprint density at radius 2 is 1.48 bits per heavy atom. The van der Waals surface area contributed by atoms with Crippen LogP contribution in [0.15, 0.2) is 0 Å². The van der Waals surface area contributed by atoms with Crippen LogP contribution in [0.4, 0.5) is 0 Å². The highest BCUT2D eigenvalue weighted by Crippen LogP contribution is 2.31. The number of nitro groups is 1. The van der Waals surface area contributed by atoms with Gasteiger partial charge in [0.25, 0.3) is 5.79 Å². The first-order valence-electron chi connectivity index (χ1n) is 8.20. The fourth-order valence-electron chi connectivity index (χ4n) is 2.23. The normalized spacial score (nSPS) is 17.8. The van der Waals surface area contributed by atoms with Crippen LogP contribution in [0.1, 0.15) is 61.8 Å². The van der Waals surface area contributed by atoms with Crippen LogP contribution < -0.4 is 0 Å². The average molecular weight is 333 g/mol. The molecule has 1 rings (SSSR count). The molecule has 1 fully saturated rings. The molecule has 0 saturated carbocycles. The van der Waals surface area contributed by atoms with Crippen LogP contribution in [-0.2, 0) is 19.1 Å². The molecule has 136 valence electrons. The van der Waals surface area contributed by atoms with Gasteiger partial charge in [0, 0.05) is 24.7 Å². The van der Waals surface area contributed by atoms with Crippen molar-refractivity contribution < 1.29 is 24.0 Å². The first kappa shape index (κ1) is 23.6. The molecule has 7 heteroatoms. The number of ether oxygens (including phenoxy) is 2. The van der Waals surface area contributed by atoms with Crippen molar-refractivity contribution in [1.29, 1.82) is 0 Å². The van der Waals surface area contributed by atoms with Crippen molar-refractivity contribution in [2.75, 3.05) is 6.54 Å². The number of carbonyl (C=O) groups excluding carboxylic acids is 2. The second kappa shape index (κ2) is 11.0. The number of nitrogens with zero attached hydrogens (tertiary/aromatic N) is 1. The fourth-order valence-corrected chi connectivity index (χ4v) is 2.23. The predicted molar refractivity (Wildman–Crippen MR) is 87.3 cm³/mol. The van der Waals surface area contributed by atoms with Gasteiger partial charge >= 0.3 is 11.9 Å². The molecular weight excluding hydrogens is 302 g/mol. The zero-order valence-corrected chi connectivity index (χ0v) is 15.5. The summed E-state index contributed by atoms with van der Waals surface area (Å²) in [5.74, 6) is -4.57. The third kappa shape index (κ3) is 8.52. The second-order valence-electron chi connectivity index (χ2n) is 5.62. The lowest BCUT2D eigenvalue weighted by Gasteiger charge is -2.35. The predicted octanol–water partition coefficient (Wildman–Crippen LogP) is 3.43. The van der Waals surface area contributed by atoms with Crippen LogP contribution in [-0.4, -0.2) is 29.2 Å². The molecule has 7 nitrogen and oxygen atoms in total. The van der Waals surface area contributed by atoms with E-state index in [0.717, 1.165) is 0 Å². The topological polar surface area (TPSA) is 95.7 Å². The summed E-state index contributed by atoms with van der Waals surface area (Å²) in [7, 11) is 0. The standard InChI is InChI=1S/C12H19NO6.2C2H6/c1-7(2)5-8(6-13(16)17)9-10(14)18-12(3,4)19-11(9)15;2*1-2/h7-9H,5-6H2,1-4H3;2*1-2H3. The molecule has 0 aliphatic carbocycles. The minimum absolute atomic E-state index is 0.125. The van der Waals surface area contributed by atoms with Crippen LogP contribution in [0, 0.1) is 27.9 Å². The van der Waals surface area contributed by atoms with E-state index in [0.29, 0.717) is 6.42 Å². The van der Waals surface area contributed by atoms with Gasteiger partial charge in [0.15, 0.2) is 5.92 Å². The Kier molecular flexibility index (Phi) is 11.3. The smallest absolute Gasteiger partial charge is 0.324 e. The van der Waals surface area contributed by atoms with Gasteiger partial charge in [-0.25, -0.2) is 0 Å². The Morgan fingerprint density at radius 3 is 1.78 bits per heavy atom. The Balaban J connectivity index is 0. The quantitative estimate of drug-likeness (QED) is 0.331. The van der Waals surface area contributed by atoms with Gasteiger partial charge in [-0.2, -0.15) is 0 Å². The highest BCUT2D eigenvalue weighted by molar-refractivity contribution is 5.97. The lowest BCUT2D eigenvalue weighted by Crippen LogP contribution is -2.50. The lowest BCUT2D eigenvalue weighted by molar-refractivity contribution is -0.490. The molecule has 0 amide bonds. The maximum absolute atomic E-state index is 11.9. The summed E-state index contributed by atoms with van der Waals surface area (Å²) < 4.78 is 9.99. The van der Waals surface area contributed by atoms with Crippen LogP contribution in [0.25, 0.3) is 0 Å². The molecule has 1 unspecified atom stereocenters. The maximum Gasteiger partial charge on any atom is 0.324 e. The van der Waals surface area contributed by atoms with Crippen molar-refractivity contribution in [1.82, 2.24) is 0 Å². The van der Waals surface area contributed by atoms with E-state index in [4.69, 9.17) is 9.47 Å². The Morgan fingerprint density at radius 1 is 1.09 bits per heavy atom. The third-order valence-electron chi connectivity index (χ3n) is 2.83. The minimum atomic E-state index is -1.30. The van der Waals surface area contributed by atoms with Crippen LogP contribution >= 0.6 is 0 Å². The van der Waals surface area contributed by atoms with Crippen molar-refractivity contribution in [2.24, 2.45) is 17.8 Å². The average Bonchev–Trinajstić information content (AvgIpc) is 2.39. The Hall–Kier alpha value is -1.66. The van der Waals surface area contributed by atoms with Gasteiger partial charge in [-0.3, -0.25) is 19.7 Å². The van der Waals surface area contributed by atoms with E-state index in [9.17, 15) is 19.7 Å². The molecule has 0 aromatic carbocycles. The van der Waals surface area contributed by atoms with Crippen molar-refractivity contribution in [2.45, 2.75) is 67.6 Å². The van der Waals surface area contributed by atoms with Gasteiger partial charge in [0.1, 0.15) is 0 Å². The summed E-state index contributed by atoms with van der Waals surface area (Å²) in [6, 6.07) is 0. The van der Waals surface area contributed by atoms with Gasteiger partial charge in [-0.05, 0) is 12.3 Å². The fraction of sp³-hybridized carbons (Fsp3) is 0.875. The first-order chi connectivity index (χ1) is 10.6. The molecule has 1 saturated heterocycles. The zero-order valence-electron chi connectivity index (χ0n) is 15.5. The number of hydrogen-bond acceptors (Lipinski definition) is 6.